The lowest BCUT2D eigenvalue weighted by molar-refractivity contribution is 1.23. The maximum Gasteiger partial charge on any atom is 0.133 e. The largest absolute Gasteiger partial charge is 0.239 e. The average Bonchev–Trinajstić information content (AvgIpc) is 2.71. The van der Waals surface area contributed by atoms with Gasteiger partial charge in [-0.1, -0.05) is 0 Å². The zero-order valence-corrected chi connectivity index (χ0v) is 10.4. The van der Waals surface area contributed by atoms with Gasteiger partial charge >= 0.3 is 0 Å². The zero-order valence-electron chi connectivity index (χ0n) is 6.46. The molecule has 1 nitrogen and oxygen atoms in total. The minimum atomic E-state index is 0.489. The Morgan fingerprint density at radius 2 is 2.23 bits per heavy atom. The van der Waals surface area contributed by atoms with Gasteiger partial charge in [0.15, 0.2) is 0 Å². The maximum absolute atomic E-state index is 5.67. The molecular formula is C8H5BrClNS2. The summed E-state index contributed by atoms with van der Waals surface area (Å²) in [7, 11) is 0. The fourth-order valence-corrected chi connectivity index (χ4v) is 3.46. The molecule has 0 aliphatic heterocycles. The Kier molecular flexibility index (Phi) is 3.03. The fourth-order valence-electron chi connectivity index (χ4n) is 0.907. The Labute approximate surface area is 97.5 Å². The number of thiazole rings is 1. The first kappa shape index (κ1) is 9.65. The summed E-state index contributed by atoms with van der Waals surface area (Å²) in [6, 6.07) is 2.07. The van der Waals surface area contributed by atoms with Crippen LogP contribution in [0.4, 0.5) is 0 Å². The highest BCUT2D eigenvalue weighted by Crippen LogP contribution is 2.32. The van der Waals surface area contributed by atoms with Crippen molar-refractivity contribution in [3.63, 3.8) is 0 Å². The van der Waals surface area contributed by atoms with E-state index < -0.39 is 0 Å². The summed E-state index contributed by atoms with van der Waals surface area (Å²) in [6.07, 6.45) is 0. The molecule has 2 aromatic heterocycles. The van der Waals surface area contributed by atoms with Crippen molar-refractivity contribution in [3.05, 3.63) is 27.0 Å². The summed E-state index contributed by atoms with van der Waals surface area (Å²) >= 11 is 12.4. The number of nitrogens with zero attached hydrogens (tertiary/aromatic N) is 1. The van der Waals surface area contributed by atoms with Crippen LogP contribution >= 0.6 is 50.2 Å². The van der Waals surface area contributed by atoms with Crippen molar-refractivity contribution >= 4 is 50.2 Å². The summed E-state index contributed by atoms with van der Waals surface area (Å²) in [5.74, 6) is 0.489. The lowest BCUT2D eigenvalue weighted by atomic mass is 10.5. The molecule has 68 valence electrons. The molecule has 0 radical (unpaired) electrons. The van der Waals surface area contributed by atoms with Crippen LogP contribution < -0.4 is 0 Å². The van der Waals surface area contributed by atoms with Gasteiger partial charge in [-0.15, -0.1) is 34.3 Å². The Hall–Kier alpha value is 0.1000. The first-order chi connectivity index (χ1) is 6.29. The summed E-state index contributed by atoms with van der Waals surface area (Å²) < 4.78 is 1.11. The van der Waals surface area contributed by atoms with Gasteiger partial charge in [0.1, 0.15) is 5.01 Å². The second kappa shape index (κ2) is 4.09. The van der Waals surface area contributed by atoms with Crippen LogP contribution in [0, 0.1) is 0 Å². The highest BCUT2D eigenvalue weighted by molar-refractivity contribution is 9.10. The van der Waals surface area contributed by atoms with Crippen LogP contribution in [-0.2, 0) is 5.88 Å². The molecule has 0 saturated heterocycles. The predicted molar refractivity (Wildman–Crippen MR) is 62.7 cm³/mol. The quantitative estimate of drug-likeness (QED) is 0.749. The number of hydrogen-bond acceptors (Lipinski definition) is 3. The summed E-state index contributed by atoms with van der Waals surface area (Å²) in [5, 5.41) is 5.10. The van der Waals surface area contributed by atoms with Gasteiger partial charge in [-0.05, 0) is 22.0 Å². The third-order valence-electron chi connectivity index (χ3n) is 1.47. The molecule has 0 N–H and O–H groups in total. The van der Waals surface area contributed by atoms with Crippen LogP contribution in [0.25, 0.3) is 9.88 Å². The smallest absolute Gasteiger partial charge is 0.133 e. The molecule has 0 aromatic carbocycles. The number of aromatic nitrogens is 1. The Morgan fingerprint density at radius 1 is 1.38 bits per heavy atom. The monoisotopic (exact) mass is 293 g/mol. The van der Waals surface area contributed by atoms with E-state index in [2.05, 4.69) is 32.4 Å². The first-order valence-corrected chi connectivity index (χ1v) is 6.63. The van der Waals surface area contributed by atoms with Gasteiger partial charge in [-0.3, -0.25) is 0 Å². The van der Waals surface area contributed by atoms with Crippen LogP contribution in [0.15, 0.2) is 21.3 Å². The topological polar surface area (TPSA) is 12.9 Å². The standard InChI is InChI=1S/C8H5BrClNS2/c9-5-1-7(12-3-5)8-11-6(2-10)4-13-8/h1,3-4H,2H2. The number of rotatable bonds is 2. The van der Waals surface area contributed by atoms with Gasteiger partial charge in [0, 0.05) is 15.2 Å². The van der Waals surface area contributed by atoms with Crippen LogP contribution in [0.1, 0.15) is 5.69 Å². The van der Waals surface area contributed by atoms with E-state index in [-0.39, 0.29) is 0 Å². The molecule has 0 unspecified atom stereocenters. The molecule has 13 heavy (non-hydrogen) atoms. The van der Waals surface area contributed by atoms with Crippen LogP contribution in [0.5, 0.6) is 0 Å². The SMILES string of the molecule is ClCc1csc(-c2cc(Br)cs2)n1. The minimum absolute atomic E-state index is 0.489. The fraction of sp³-hybridized carbons (Fsp3) is 0.125. The second-order valence-electron chi connectivity index (χ2n) is 2.41. The van der Waals surface area contributed by atoms with Gasteiger partial charge in [0.2, 0.25) is 0 Å². The Morgan fingerprint density at radius 3 is 2.77 bits per heavy atom. The Bertz CT molecular complexity index is 410. The molecule has 0 saturated carbocycles. The van der Waals surface area contributed by atoms with Crippen molar-refractivity contribution < 1.29 is 0 Å². The molecule has 2 rings (SSSR count). The van der Waals surface area contributed by atoms with Crippen LogP contribution in [0.2, 0.25) is 0 Å². The van der Waals surface area contributed by atoms with Crippen molar-refractivity contribution in [2.75, 3.05) is 0 Å². The van der Waals surface area contributed by atoms with E-state index in [0.717, 1.165) is 15.2 Å². The normalized spacial score (nSPS) is 10.6. The third-order valence-corrected chi connectivity index (χ3v) is 4.49. The van der Waals surface area contributed by atoms with E-state index in [4.69, 9.17) is 11.6 Å². The predicted octanol–water partition coefficient (Wildman–Crippen LogP) is 4.37. The number of halogens is 2. The number of alkyl halides is 1. The van der Waals surface area contributed by atoms with Crippen molar-refractivity contribution in [2.45, 2.75) is 5.88 Å². The highest BCUT2D eigenvalue weighted by atomic mass is 79.9. The lowest BCUT2D eigenvalue weighted by Crippen LogP contribution is -1.75. The van der Waals surface area contributed by atoms with E-state index in [1.807, 2.05) is 5.38 Å². The number of hydrogen-bond donors (Lipinski definition) is 0. The average molecular weight is 295 g/mol. The van der Waals surface area contributed by atoms with E-state index in [9.17, 15) is 0 Å². The van der Waals surface area contributed by atoms with Gasteiger partial charge in [0.05, 0.1) is 16.5 Å². The van der Waals surface area contributed by atoms with E-state index in [1.165, 1.54) is 4.88 Å². The third kappa shape index (κ3) is 2.13. The first-order valence-electron chi connectivity index (χ1n) is 3.54. The number of thiophene rings is 1. The molecule has 0 aliphatic carbocycles. The van der Waals surface area contributed by atoms with Crippen molar-refractivity contribution in [1.82, 2.24) is 4.98 Å². The van der Waals surface area contributed by atoms with Crippen molar-refractivity contribution in [1.29, 1.82) is 0 Å². The van der Waals surface area contributed by atoms with Gasteiger partial charge in [-0.2, -0.15) is 0 Å². The molecule has 2 aromatic rings. The molecule has 0 aliphatic rings. The molecule has 5 heteroatoms. The van der Waals surface area contributed by atoms with E-state index >= 15 is 0 Å². The lowest BCUT2D eigenvalue weighted by Gasteiger charge is -1.86. The van der Waals surface area contributed by atoms with Crippen molar-refractivity contribution in [3.8, 4) is 9.88 Å². The Balaban J connectivity index is 2.35. The van der Waals surface area contributed by atoms with Crippen LogP contribution in [-0.4, -0.2) is 4.98 Å². The minimum Gasteiger partial charge on any atom is -0.239 e. The highest BCUT2D eigenvalue weighted by Gasteiger charge is 2.05. The molecule has 0 spiro atoms. The zero-order chi connectivity index (χ0) is 9.26. The molecule has 0 amide bonds. The van der Waals surface area contributed by atoms with E-state index in [1.54, 1.807) is 22.7 Å². The van der Waals surface area contributed by atoms with Gasteiger partial charge in [0.25, 0.3) is 0 Å². The molecular weight excluding hydrogens is 290 g/mol. The molecule has 0 bridgehead atoms. The summed E-state index contributed by atoms with van der Waals surface area (Å²) in [6.45, 7) is 0. The maximum atomic E-state index is 5.67. The molecule has 0 atom stereocenters. The summed E-state index contributed by atoms with van der Waals surface area (Å²) in [4.78, 5) is 5.58. The molecule has 2 heterocycles. The van der Waals surface area contributed by atoms with E-state index in [0.29, 0.717) is 5.88 Å². The second-order valence-corrected chi connectivity index (χ2v) is 5.36. The summed E-state index contributed by atoms with van der Waals surface area (Å²) in [5.41, 5.74) is 0.950. The van der Waals surface area contributed by atoms with Crippen LogP contribution in [0.3, 0.4) is 0 Å². The van der Waals surface area contributed by atoms with Gasteiger partial charge in [-0.25, -0.2) is 4.98 Å². The van der Waals surface area contributed by atoms with Crippen molar-refractivity contribution in [2.24, 2.45) is 0 Å². The van der Waals surface area contributed by atoms with Gasteiger partial charge < -0.3 is 0 Å². The molecule has 0 fully saturated rings.